The number of benzene rings is 1. The van der Waals surface area contributed by atoms with Crippen LogP contribution < -0.4 is 15.0 Å². The van der Waals surface area contributed by atoms with E-state index in [-0.39, 0.29) is 5.56 Å². The largest absolute Gasteiger partial charge is 0.493 e. The summed E-state index contributed by atoms with van der Waals surface area (Å²) in [5.41, 5.74) is 2.21. The number of ether oxygens (including phenoxy) is 2. The number of H-pyrrole nitrogens is 1. The molecule has 3 aromatic heterocycles. The molecule has 0 aliphatic rings. The van der Waals surface area contributed by atoms with Crippen LogP contribution in [0.1, 0.15) is 18.4 Å². The predicted molar refractivity (Wildman–Crippen MR) is 113 cm³/mol. The van der Waals surface area contributed by atoms with E-state index in [4.69, 9.17) is 13.9 Å². The summed E-state index contributed by atoms with van der Waals surface area (Å²) in [6.45, 7) is 4.35. The summed E-state index contributed by atoms with van der Waals surface area (Å²) in [6.07, 6.45) is 1.37. The first-order chi connectivity index (χ1) is 14.5. The minimum atomic E-state index is -0.258. The summed E-state index contributed by atoms with van der Waals surface area (Å²) in [4.78, 5) is 27.7. The van der Waals surface area contributed by atoms with Crippen molar-refractivity contribution in [2.24, 2.45) is 7.05 Å². The Morgan fingerprint density at radius 2 is 2.10 bits per heavy atom. The lowest BCUT2D eigenvalue weighted by Crippen LogP contribution is -2.06. The Morgan fingerprint density at radius 3 is 2.83 bits per heavy atom. The normalized spacial score (nSPS) is 11.2. The molecule has 4 rings (SSSR count). The number of rotatable bonds is 7. The molecule has 0 radical (unpaired) electrons. The minimum Gasteiger partial charge on any atom is -0.493 e. The van der Waals surface area contributed by atoms with E-state index >= 15 is 0 Å². The van der Waals surface area contributed by atoms with Gasteiger partial charge in [-0.05, 0) is 32.0 Å². The Labute approximate surface area is 176 Å². The maximum Gasteiger partial charge on any atom is 0.278 e. The highest BCUT2D eigenvalue weighted by Gasteiger charge is 2.17. The van der Waals surface area contributed by atoms with Crippen molar-refractivity contribution in [1.29, 1.82) is 0 Å². The molecule has 0 aliphatic carbocycles. The molecule has 0 fully saturated rings. The Balaban J connectivity index is 1.57. The first kappa shape index (κ1) is 20.0. The number of hydrogen-bond acceptors (Lipinski definition) is 8. The maximum absolute atomic E-state index is 11.9. The van der Waals surface area contributed by atoms with Crippen molar-refractivity contribution in [3.8, 4) is 23.0 Å². The molecule has 0 saturated carbocycles. The maximum atomic E-state index is 11.9. The molecule has 0 bridgehead atoms. The van der Waals surface area contributed by atoms with Gasteiger partial charge in [0.25, 0.3) is 5.56 Å². The van der Waals surface area contributed by atoms with Gasteiger partial charge in [0.1, 0.15) is 5.76 Å². The van der Waals surface area contributed by atoms with E-state index in [1.54, 1.807) is 11.7 Å². The first-order valence-corrected chi connectivity index (χ1v) is 10.3. The number of imidazole rings is 1. The highest BCUT2D eigenvalue weighted by molar-refractivity contribution is 7.98. The molecule has 9 nitrogen and oxygen atoms in total. The fourth-order valence-electron chi connectivity index (χ4n) is 3.01. The Bertz CT molecular complexity index is 1260. The lowest BCUT2D eigenvalue weighted by atomic mass is 10.2. The number of thioether (sulfide) groups is 1. The lowest BCUT2D eigenvalue weighted by Gasteiger charge is -2.09. The van der Waals surface area contributed by atoms with Crippen LogP contribution in [-0.2, 0) is 12.8 Å². The van der Waals surface area contributed by atoms with E-state index in [2.05, 4.69) is 19.9 Å². The van der Waals surface area contributed by atoms with Crippen LogP contribution in [0, 0.1) is 6.92 Å². The molecule has 0 spiro atoms. The van der Waals surface area contributed by atoms with Gasteiger partial charge in [0.2, 0.25) is 5.89 Å². The zero-order valence-electron chi connectivity index (χ0n) is 17.1. The standard InChI is InChI=1S/C20H21N5O4S/c1-5-28-14-7-6-12(8-15(14)27-4)19-23-13(11(2)29-19)9-30-20-24-16-17(25(20)3)21-10-22-18(16)26/h6-8,10H,5,9H2,1-4H3,(H,21,22,26). The molecule has 0 unspecified atom stereocenters. The first-order valence-electron chi connectivity index (χ1n) is 9.32. The van der Waals surface area contributed by atoms with E-state index in [9.17, 15) is 4.79 Å². The average Bonchev–Trinajstić information content (AvgIpc) is 3.28. The van der Waals surface area contributed by atoms with Crippen molar-refractivity contribution in [1.82, 2.24) is 24.5 Å². The number of hydrogen-bond donors (Lipinski definition) is 1. The zero-order valence-corrected chi connectivity index (χ0v) is 17.9. The number of aromatic amines is 1. The summed E-state index contributed by atoms with van der Waals surface area (Å²) < 4.78 is 18.6. The van der Waals surface area contributed by atoms with Gasteiger partial charge in [-0.1, -0.05) is 11.8 Å². The lowest BCUT2D eigenvalue weighted by molar-refractivity contribution is 0.311. The highest BCUT2D eigenvalue weighted by Crippen LogP contribution is 2.34. The highest BCUT2D eigenvalue weighted by atomic mass is 32.2. The third kappa shape index (κ3) is 3.65. The van der Waals surface area contributed by atoms with Crippen molar-refractivity contribution >= 4 is 22.9 Å². The fraction of sp³-hybridized carbons (Fsp3) is 0.300. The van der Waals surface area contributed by atoms with Crippen molar-refractivity contribution < 1.29 is 13.9 Å². The molecule has 0 saturated heterocycles. The van der Waals surface area contributed by atoms with E-state index in [1.165, 1.54) is 18.1 Å². The van der Waals surface area contributed by atoms with Gasteiger partial charge in [0.15, 0.2) is 27.8 Å². The zero-order chi connectivity index (χ0) is 21.3. The SMILES string of the molecule is CCOc1ccc(-c2nc(CSc3nc4c(=O)[nH]cnc4n3C)c(C)o2)cc1OC. The van der Waals surface area contributed by atoms with Crippen molar-refractivity contribution in [3.05, 3.63) is 46.3 Å². The molecule has 1 N–H and O–H groups in total. The van der Waals surface area contributed by atoms with Crippen LogP contribution in [0.25, 0.3) is 22.6 Å². The number of aromatic nitrogens is 5. The molecule has 0 aliphatic heterocycles. The molecule has 3 heterocycles. The van der Waals surface area contributed by atoms with Gasteiger partial charge in [0, 0.05) is 18.4 Å². The number of nitrogens with one attached hydrogen (secondary N) is 1. The number of fused-ring (bicyclic) bond motifs is 1. The third-order valence-corrected chi connectivity index (χ3v) is 5.60. The third-order valence-electron chi connectivity index (χ3n) is 4.56. The molecule has 0 atom stereocenters. The summed E-state index contributed by atoms with van der Waals surface area (Å²) in [7, 11) is 3.43. The second-order valence-corrected chi connectivity index (χ2v) is 7.41. The Kier molecular flexibility index (Phi) is 5.49. The van der Waals surface area contributed by atoms with Crippen LogP contribution in [0.15, 0.2) is 38.9 Å². The van der Waals surface area contributed by atoms with Crippen LogP contribution >= 0.6 is 11.8 Å². The molecule has 156 valence electrons. The van der Waals surface area contributed by atoms with Gasteiger partial charge in [0.05, 0.1) is 25.7 Å². The fourth-order valence-corrected chi connectivity index (χ4v) is 3.98. The van der Waals surface area contributed by atoms with Gasteiger partial charge >= 0.3 is 0 Å². The molecular weight excluding hydrogens is 406 g/mol. The summed E-state index contributed by atoms with van der Waals surface area (Å²) in [5, 5.41) is 0.681. The smallest absolute Gasteiger partial charge is 0.278 e. The van der Waals surface area contributed by atoms with Crippen LogP contribution in [-0.4, -0.2) is 38.2 Å². The van der Waals surface area contributed by atoms with Gasteiger partial charge in [-0.25, -0.2) is 15.0 Å². The van der Waals surface area contributed by atoms with E-state index in [1.807, 2.05) is 39.1 Å². The van der Waals surface area contributed by atoms with E-state index in [0.717, 1.165) is 17.0 Å². The van der Waals surface area contributed by atoms with Gasteiger partial charge in [-0.2, -0.15) is 0 Å². The number of aryl methyl sites for hydroxylation is 2. The number of nitrogens with zero attached hydrogens (tertiary/aromatic N) is 4. The molecule has 30 heavy (non-hydrogen) atoms. The van der Waals surface area contributed by atoms with Gasteiger partial charge in [-0.15, -0.1) is 0 Å². The summed E-state index contributed by atoms with van der Waals surface area (Å²) in [6, 6.07) is 5.57. The topological polar surface area (TPSA) is 108 Å². The molecule has 4 aromatic rings. The van der Waals surface area contributed by atoms with Crippen molar-refractivity contribution in [2.45, 2.75) is 24.8 Å². The van der Waals surface area contributed by atoms with E-state index in [0.29, 0.717) is 46.1 Å². The second kappa shape index (κ2) is 8.23. The second-order valence-electron chi connectivity index (χ2n) is 6.47. The minimum absolute atomic E-state index is 0.258. The van der Waals surface area contributed by atoms with Crippen molar-refractivity contribution in [3.63, 3.8) is 0 Å². The van der Waals surface area contributed by atoms with Crippen LogP contribution in [0.3, 0.4) is 0 Å². The van der Waals surface area contributed by atoms with Gasteiger partial charge < -0.3 is 23.4 Å². The monoisotopic (exact) mass is 427 g/mol. The average molecular weight is 427 g/mol. The van der Waals surface area contributed by atoms with Crippen LogP contribution in [0.2, 0.25) is 0 Å². The number of methoxy groups -OCH3 is 1. The summed E-state index contributed by atoms with van der Waals surface area (Å²) in [5.74, 6) is 3.07. The Morgan fingerprint density at radius 1 is 1.27 bits per heavy atom. The molecular formula is C20H21N5O4S. The van der Waals surface area contributed by atoms with Crippen molar-refractivity contribution in [2.75, 3.05) is 13.7 Å². The van der Waals surface area contributed by atoms with E-state index < -0.39 is 0 Å². The predicted octanol–water partition coefficient (Wildman–Crippen LogP) is 3.32. The summed E-state index contributed by atoms with van der Waals surface area (Å²) >= 11 is 1.47. The quantitative estimate of drug-likeness (QED) is 0.448. The molecule has 1 aromatic carbocycles. The van der Waals surface area contributed by atoms with Crippen LogP contribution in [0.4, 0.5) is 0 Å². The van der Waals surface area contributed by atoms with Gasteiger partial charge in [-0.3, -0.25) is 4.79 Å². The van der Waals surface area contributed by atoms with Crippen LogP contribution in [0.5, 0.6) is 11.5 Å². The molecule has 10 heteroatoms. The molecule has 0 amide bonds. The number of oxazole rings is 1. The Hall–Kier alpha value is -3.27.